The number of hydrogen-bond donors (Lipinski definition) is 2. The third-order valence-electron chi connectivity index (χ3n) is 2.07. The van der Waals surface area contributed by atoms with Crippen LogP contribution in [0, 0.1) is 5.82 Å². The third-order valence-corrected chi connectivity index (χ3v) is 2.07. The van der Waals surface area contributed by atoms with Gasteiger partial charge in [0.25, 0.3) is 0 Å². The predicted molar refractivity (Wildman–Crippen MR) is 53.0 cm³/mol. The Labute approximate surface area is 82.9 Å². The lowest BCUT2D eigenvalue weighted by molar-refractivity contribution is 0.220. The minimum absolute atomic E-state index is 0.109. The number of rotatable bonds is 4. The zero-order valence-corrected chi connectivity index (χ0v) is 8.15. The molecule has 0 aliphatic heterocycles. The summed E-state index contributed by atoms with van der Waals surface area (Å²) in [5.74, 6) is 4.89. The molecule has 0 amide bonds. The molecule has 1 aromatic carbocycles. The Kier molecular flexibility index (Phi) is 4.00. The van der Waals surface area contributed by atoms with Gasteiger partial charge in [0.05, 0.1) is 6.61 Å². The first kappa shape index (κ1) is 11.1. The van der Waals surface area contributed by atoms with Gasteiger partial charge in [0.1, 0.15) is 5.82 Å². The molecule has 0 saturated carbocycles. The molecule has 14 heavy (non-hydrogen) atoms. The Morgan fingerprint density at radius 3 is 2.64 bits per heavy atom. The summed E-state index contributed by atoms with van der Waals surface area (Å²) in [5.41, 5.74) is 0.507. The summed E-state index contributed by atoms with van der Waals surface area (Å²) in [6, 6.07) is 6.42. The van der Waals surface area contributed by atoms with Crippen LogP contribution in [0.4, 0.5) is 4.39 Å². The molecule has 0 aliphatic carbocycles. The van der Waals surface area contributed by atoms with Crippen LogP contribution in [-0.2, 0) is 0 Å². The smallest absolute Gasteiger partial charge is 0.126 e. The molecule has 1 rings (SSSR count). The number of hydrogen-bond acceptors (Lipinski definition) is 3. The van der Waals surface area contributed by atoms with Crippen molar-refractivity contribution in [2.45, 2.75) is 5.92 Å². The number of aliphatic hydroxyl groups is 1. The number of aliphatic hydroxyl groups excluding tert-OH is 1. The quantitative estimate of drug-likeness (QED) is 0.553. The maximum absolute atomic E-state index is 13.3. The third kappa shape index (κ3) is 2.77. The SMILES string of the molecule is CN(N)CC(CO)c1ccccc1F. The second kappa shape index (κ2) is 5.05. The zero-order valence-electron chi connectivity index (χ0n) is 8.15. The molecule has 1 aromatic rings. The van der Waals surface area contributed by atoms with Gasteiger partial charge in [-0.05, 0) is 11.6 Å². The van der Waals surface area contributed by atoms with Crippen LogP contribution in [0.15, 0.2) is 24.3 Å². The molecule has 3 nitrogen and oxygen atoms in total. The van der Waals surface area contributed by atoms with E-state index in [4.69, 9.17) is 10.9 Å². The molecule has 0 radical (unpaired) electrons. The molecule has 0 bridgehead atoms. The molecule has 1 unspecified atom stereocenters. The van der Waals surface area contributed by atoms with Crippen molar-refractivity contribution in [2.75, 3.05) is 20.2 Å². The molecule has 1 atom stereocenters. The number of hydrazine groups is 1. The normalized spacial score (nSPS) is 13.2. The van der Waals surface area contributed by atoms with Gasteiger partial charge in [-0.3, -0.25) is 5.84 Å². The second-order valence-electron chi connectivity index (χ2n) is 3.34. The van der Waals surface area contributed by atoms with E-state index in [-0.39, 0.29) is 18.3 Å². The summed E-state index contributed by atoms with van der Waals surface area (Å²) < 4.78 is 13.3. The van der Waals surface area contributed by atoms with Crippen LogP contribution in [0.5, 0.6) is 0 Å². The van der Waals surface area contributed by atoms with E-state index < -0.39 is 0 Å². The lowest BCUT2D eigenvalue weighted by atomic mass is 9.99. The van der Waals surface area contributed by atoms with Crippen molar-refractivity contribution in [3.05, 3.63) is 35.6 Å². The summed E-state index contributed by atoms with van der Waals surface area (Å²) >= 11 is 0. The van der Waals surface area contributed by atoms with Crippen LogP contribution in [0.25, 0.3) is 0 Å². The molecule has 0 aliphatic rings. The number of nitrogens with zero attached hydrogens (tertiary/aromatic N) is 1. The van der Waals surface area contributed by atoms with Crippen molar-refractivity contribution in [2.24, 2.45) is 5.84 Å². The van der Waals surface area contributed by atoms with Crippen molar-refractivity contribution >= 4 is 0 Å². The lowest BCUT2D eigenvalue weighted by Crippen LogP contribution is -2.32. The fraction of sp³-hybridized carbons (Fsp3) is 0.400. The van der Waals surface area contributed by atoms with Gasteiger partial charge in [-0.1, -0.05) is 18.2 Å². The van der Waals surface area contributed by atoms with Crippen LogP contribution in [0.3, 0.4) is 0 Å². The average molecular weight is 198 g/mol. The molecule has 4 heteroatoms. The highest BCUT2D eigenvalue weighted by Gasteiger charge is 2.15. The molecule has 78 valence electrons. The van der Waals surface area contributed by atoms with E-state index >= 15 is 0 Å². The predicted octanol–water partition coefficient (Wildman–Crippen LogP) is 0.707. The van der Waals surface area contributed by atoms with Crippen LogP contribution < -0.4 is 5.84 Å². The van der Waals surface area contributed by atoms with Crippen LogP contribution in [0.1, 0.15) is 11.5 Å². The first-order chi connectivity index (χ1) is 6.65. The van der Waals surface area contributed by atoms with Gasteiger partial charge in [-0.15, -0.1) is 0 Å². The molecule has 0 saturated heterocycles. The van der Waals surface area contributed by atoms with E-state index in [9.17, 15) is 4.39 Å². The minimum Gasteiger partial charge on any atom is -0.396 e. The molecule has 0 aromatic heterocycles. The zero-order chi connectivity index (χ0) is 10.6. The highest BCUT2D eigenvalue weighted by molar-refractivity contribution is 5.22. The van der Waals surface area contributed by atoms with Gasteiger partial charge in [-0.25, -0.2) is 9.40 Å². The van der Waals surface area contributed by atoms with Crippen molar-refractivity contribution in [1.82, 2.24) is 5.01 Å². The fourth-order valence-electron chi connectivity index (χ4n) is 1.41. The number of nitrogens with two attached hydrogens (primary N) is 1. The number of halogens is 1. The molecular weight excluding hydrogens is 183 g/mol. The first-order valence-electron chi connectivity index (χ1n) is 4.46. The Bertz CT molecular complexity index is 291. The first-order valence-corrected chi connectivity index (χ1v) is 4.46. The summed E-state index contributed by atoms with van der Waals surface area (Å²) in [7, 11) is 1.68. The van der Waals surface area contributed by atoms with Crippen LogP contribution >= 0.6 is 0 Å². The standard InChI is InChI=1S/C10H15FN2O/c1-13(12)6-8(7-14)9-4-2-3-5-10(9)11/h2-5,8,14H,6-7,12H2,1H3. The maximum Gasteiger partial charge on any atom is 0.126 e. The molecule has 3 N–H and O–H groups in total. The topological polar surface area (TPSA) is 49.5 Å². The summed E-state index contributed by atoms with van der Waals surface area (Å²) in [4.78, 5) is 0. The minimum atomic E-state index is -0.298. The largest absolute Gasteiger partial charge is 0.396 e. The van der Waals surface area contributed by atoms with Gasteiger partial charge in [0.2, 0.25) is 0 Å². The van der Waals surface area contributed by atoms with Crippen molar-refractivity contribution in [1.29, 1.82) is 0 Å². The Hall–Kier alpha value is -0.970. The van der Waals surface area contributed by atoms with E-state index in [1.54, 1.807) is 25.2 Å². The summed E-state index contributed by atoms with van der Waals surface area (Å²) in [6.45, 7) is 0.319. The van der Waals surface area contributed by atoms with E-state index in [2.05, 4.69) is 0 Å². The Morgan fingerprint density at radius 1 is 1.50 bits per heavy atom. The van der Waals surface area contributed by atoms with Gasteiger partial charge in [0.15, 0.2) is 0 Å². The van der Waals surface area contributed by atoms with Crippen molar-refractivity contribution in [3.63, 3.8) is 0 Å². The van der Waals surface area contributed by atoms with Crippen molar-refractivity contribution < 1.29 is 9.50 Å². The van der Waals surface area contributed by atoms with E-state index in [1.165, 1.54) is 11.1 Å². The molecule has 0 spiro atoms. The molecular formula is C10H15FN2O. The van der Waals surface area contributed by atoms with Crippen LogP contribution in [0.2, 0.25) is 0 Å². The second-order valence-corrected chi connectivity index (χ2v) is 3.34. The fourth-order valence-corrected chi connectivity index (χ4v) is 1.41. The monoisotopic (exact) mass is 198 g/mol. The Balaban J connectivity index is 2.83. The number of likely N-dealkylation sites (N-methyl/N-ethyl adjacent to an activating group) is 1. The molecule has 0 heterocycles. The summed E-state index contributed by atoms with van der Waals surface area (Å²) in [6.07, 6.45) is 0. The maximum atomic E-state index is 13.3. The highest BCUT2D eigenvalue weighted by Crippen LogP contribution is 2.18. The molecule has 0 fully saturated rings. The highest BCUT2D eigenvalue weighted by atomic mass is 19.1. The van der Waals surface area contributed by atoms with Crippen LogP contribution in [-0.4, -0.2) is 30.3 Å². The average Bonchev–Trinajstić information content (AvgIpc) is 2.15. The number of benzene rings is 1. The van der Waals surface area contributed by atoms with Crippen molar-refractivity contribution in [3.8, 4) is 0 Å². The van der Waals surface area contributed by atoms with E-state index in [0.29, 0.717) is 12.1 Å². The Morgan fingerprint density at radius 2 is 2.14 bits per heavy atom. The van der Waals surface area contributed by atoms with Gasteiger partial charge in [-0.2, -0.15) is 0 Å². The van der Waals surface area contributed by atoms with Gasteiger partial charge in [0, 0.05) is 19.5 Å². The summed E-state index contributed by atoms with van der Waals surface area (Å²) in [5, 5.41) is 10.5. The van der Waals surface area contributed by atoms with Gasteiger partial charge < -0.3 is 5.11 Å². The lowest BCUT2D eigenvalue weighted by Gasteiger charge is -2.19. The van der Waals surface area contributed by atoms with E-state index in [1.807, 2.05) is 0 Å². The van der Waals surface area contributed by atoms with Gasteiger partial charge >= 0.3 is 0 Å². The van der Waals surface area contributed by atoms with E-state index in [0.717, 1.165) is 0 Å².